The van der Waals surface area contributed by atoms with Crippen molar-refractivity contribution in [1.82, 2.24) is 14.7 Å². The molecule has 0 N–H and O–H groups in total. The predicted molar refractivity (Wildman–Crippen MR) is 98.5 cm³/mol. The number of benzene rings is 1. The molecule has 7 heteroatoms. The third-order valence-corrected chi connectivity index (χ3v) is 5.22. The number of amides is 3. The van der Waals surface area contributed by atoms with Crippen LogP contribution in [0.15, 0.2) is 30.3 Å². The van der Waals surface area contributed by atoms with Gasteiger partial charge in [0, 0.05) is 58.0 Å². The van der Waals surface area contributed by atoms with E-state index < -0.39 is 0 Å². The summed E-state index contributed by atoms with van der Waals surface area (Å²) < 4.78 is 0. The molecule has 0 radical (unpaired) electrons. The zero-order valence-electron chi connectivity index (χ0n) is 14.8. The molecule has 0 aromatic heterocycles. The summed E-state index contributed by atoms with van der Waals surface area (Å²) in [7, 11) is 0. The zero-order valence-corrected chi connectivity index (χ0v) is 15.5. The lowest BCUT2D eigenvalue weighted by Crippen LogP contribution is -2.52. The number of carbonyl (C=O) groups is 3. The molecule has 2 aliphatic heterocycles. The lowest BCUT2D eigenvalue weighted by molar-refractivity contribution is -0.141. The van der Waals surface area contributed by atoms with Crippen molar-refractivity contribution in [3.05, 3.63) is 35.9 Å². The zero-order chi connectivity index (χ0) is 18.5. The van der Waals surface area contributed by atoms with Gasteiger partial charge in [0.2, 0.25) is 17.7 Å². The van der Waals surface area contributed by atoms with Crippen LogP contribution in [0.4, 0.5) is 0 Å². The molecule has 2 heterocycles. The highest BCUT2D eigenvalue weighted by Gasteiger charge is 2.37. The maximum atomic E-state index is 12.8. The van der Waals surface area contributed by atoms with Crippen molar-refractivity contribution in [2.24, 2.45) is 5.92 Å². The summed E-state index contributed by atoms with van der Waals surface area (Å²) in [5.74, 6) is 0.134. The maximum Gasteiger partial charge on any atom is 0.228 e. The first kappa shape index (κ1) is 18.7. The van der Waals surface area contributed by atoms with Gasteiger partial charge >= 0.3 is 0 Å². The molecule has 2 aliphatic rings. The van der Waals surface area contributed by atoms with Crippen LogP contribution in [0.3, 0.4) is 0 Å². The van der Waals surface area contributed by atoms with Crippen LogP contribution < -0.4 is 0 Å². The van der Waals surface area contributed by atoms with E-state index >= 15 is 0 Å². The SMILES string of the molecule is O=C(CCCl)N1CCN(C(=O)C2CC(=O)N(Cc3ccccc3)C2)CC1. The smallest absolute Gasteiger partial charge is 0.228 e. The van der Waals surface area contributed by atoms with Gasteiger partial charge in [-0.1, -0.05) is 30.3 Å². The predicted octanol–water partition coefficient (Wildman–Crippen LogP) is 1.33. The number of likely N-dealkylation sites (tertiary alicyclic amines) is 1. The highest BCUT2D eigenvalue weighted by Crippen LogP contribution is 2.23. The Kier molecular flexibility index (Phi) is 6.14. The summed E-state index contributed by atoms with van der Waals surface area (Å²) in [5, 5.41) is 0. The van der Waals surface area contributed by atoms with Crippen LogP contribution in [-0.4, -0.2) is 71.0 Å². The van der Waals surface area contributed by atoms with Gasteiger partial charge < -0.3 is 14.7 Å². The van der Waals surface area contributed by atoms with Gasteiger partial charge in [-0.25, -0.2) is 0 Å². The summed E-state index contributed by atoms with van der Waals surface area (Å²) in [6, 6.07) is 9.81. The minimum Gasteiger partial charge on any atom is -0.339 e. The molecule has 2 fully saturated rings. The van der Waals surface area contributed by atoms with Crippen molar-refractivity contribution in [3.8, 4) is 0 Å². The third-order valence-electron chi connectivity index (χ3n) is 5.03. The van der Waals surface area contributed by atoms with E-state index in [-0.39, 0.29) is 30.1 Å². The van der Waals surface area contributed by atoms with E-state index in [2.05, 4.69) is 0 Å². The standard InChI is InChI=1S/C19H24ClN3O3/c20-7-6-17(24)21-8-10-22(11-9-21)19(26)16-12-18(25)23(14-16)13-15-4-2-1-3-5-15/h1-5,16H,6-14H2. The molecule has 26 heavy (non-hydrogen) atoms. The first-order chi connectivity index (χ1) is 12.6. The van der Waals surface area contributed by atoms with Gasteiger partial charge in [0.15, 0.2) is 0 Å². The van der Waals surface area contributed by atoms with E-state index in [1.807, 2.05) is 30.3 Å². The topological polar surface area (TPSA) is 60.9 Å². The lowest BCUT2D eigenvalue weighted by Gasteiger charge is -2.35. The van der Waals surface area contributed by atoms with Crippen molar-refractivity contribution in [3.63, 3.8) is 0 Å². The molecule has 3 rings (SSSR count). The van der Waals surface area contributed by atoms with Crippen molar-refractivity contribution in [1.29, 1.82) is 0 Å². The summed E-state index contributed by atoms with van der Waals surface area (Å²) in [4.78, 5) is 42.2. The first-order valence-corrected chi connectivity index (χ1v) is 9.56. The second kappa shape index (κ2) is 8.54. The second-order valence-electron chi connectivity index (χ2n) is 6.81. The molecule has 1 atom stereocenters. The molecule has 1 aromatic carbocycles. The van der Waals surface area contributed by atoms with Gasteiger partial charge in [0.25, 0.3) is 0 Å². The van der Waals surface area contributed by atoms with Gasteiger partial charge in [0.05, 0.1) is 5.92 Å². The summed E-state index contributed by atoms with van der Waals surface area (Å²) in [6.45, 7) is 3.14. The maximum absolute atomic E-state index is 12.8. The van der Waals surface area contributed by atoms with Crippen LogP contribution in [0, 0.1) is 5.92 Å². The number of rotatable bonds is 5. The van der Waals surface area contributed by atoms with E-state index in [0.29, 0.717) is 51.6 Å². The van der Waals surface area contributed by atoms with Crippen LogP contribution in [0.2, 0.25) is 0 Å². The van der Waals surface area contributed by atoms with Crippen LogP contribution in [-0.2, 0) is 20.9 Å². The van der Waals surface area contributed by atoms with Gasteiger partial charge in [-0.3, -0.25) is 14.4 Å². The Balaban J connectivity index is 1.51. The fraction of sp³-hybridized carbons (Fsp3) is 0.526. The normalized spacial score (nSPS) is 20.6. The van der Waals surface area contributed by atoms with Gasteiger partial charge in [0.1, 0.15) is 0 Å². The molecule has 0 bridgehead atoms. The summed E-state index contributed by atoms with van der Waals surface area (Å²) in [6.07, 6.45) is 0.609. The highest BCUT2D eigenvalue weighted by atomic mass is 35.5. The minimum absolute atomic E-state index is 0.0263. The Labute approximate surface area is 158 Å². The molecule has 2 saturated heterocycles. The number of hydrogen-bond donors (Lipinski definition) is 0. The Bertz CT molecular complexity index is 659. The Morgan fingerprint density at radius 3 is 2.35 bits per heavy atom. The highest BCUT2D eigenvalue weighted by molar-refractivity contribution is 6.18. The van der Waals surface area contributed by atoms with Crippen molar-refractivity contribution in [2.75, 3.05) is 38.6 Å². The van der Waals surface area contributed by atoms with E-state index in [0.717, 1.165) is 5.56 Å². The fourth-order valence-electron chi connectivity index (χ4n) is 3.57. The van der Waals surface area contributed by atoms with E-state index in [1.165, 1.54) is 0 Å². The molecule has 1 unspecified atom stereocenters. The van der Waals surface area contributed by atoms with E-state index in [1.54, 1.807) is 14.7 Å². The van der Waals surface area contributed by atoms with Crippen LogP contribution in [0.25, 0.3) is 0 Å². The van der Waals surface area contributed by atoms with Crippen LogP contribution in [0.5, 0.6) is 0 Å². The Morgan fingerprint density at radius 1 is 1.04 bits per heavy atom. The number of alkyl halides is 1. The lowest BCUT2D eigenvalue weighted by atomic mass is 10.1. The number of hydrogen-bond acceptors (Lipinski definition) is 3. The van der Waals surface area contributed by atoms with Crippen LogP contribution >= 0.6 is 11.6 Å². The molecule has 0 spiro atoms. The largest absolute Gasteiger partial charge is 0.339 e. The second-order valence-corrected chi connectivity index (χ2v) is 7.18. The molecule has 6 nitrogen and oxygen atoms in total. The number of carbonyl (C=O) groups excluding carboxylic acids is 3. The summed E-state index contributed by atoms with van der Waals surface area (Å²) in [5.41, 5.74) is 1.07. The third kappa shape index (κ3) is 4.36. The molecule has 140 valence electrons. The fourth-order valence-corrected chi connectivity index (χ4v) is 3.73. The van der Waals surface area contributed by atoms with Gasteiger partial charge in [-0.2, -0.15) is 0 Å². The van der Waals surface area contributed by atoms with Gasteiger partial charge in [-0.15, -0.1) is 11.6 Å². The quantitative estimate of drug-likeness (QED) is 0.727. The Morgan fingerprint density at radius 2 is 1.69 bits per heavy atom. The average Bonchev–Trinajstić information content (AvgIpc) is 3.03. The molecule has 0 aliphatic carbocycles. The molecule has 0 saturated carbocycles. The van der Waals surface area contributed by atoms with Crippen molar-refractivity contribution < 1.29 is 14.4 Å². The van der Waals surface area contributed by atoms with Gasteiger partial charge in [-0.05, 0) is 5.56 Å². The Hall–Kier alpha value is -2.08. The number of piperazine rings is 1. The van der Waals surface area contributed by atoms with Crippen molar-refractivity contribution >= 4 is 29.3 Å². The number of nitrogens with zero attached hydrogens (tertiary/aromatic N) is 3. The first-order valence-electron chi connectivity index (χ1n) is 9.02. The van der Waals surface area contributed by atoms with E-state index in [4.69, 9.17) is 11.6 Å². The van der Waals surface area contributed by atoms with E-state index in [9.17, 15) is 14.4 Å². The molecular formula is C19H24ClN3O3. The minimum atomic E-state index is -0.281. The van der Waals surface area contributed by atoms with Crippen LogP contribution in [0.1, 0.15) is 18.4 Å². The number of halogens is 1. The molecular weight excluding hydrogens is 354 g/mol. The molecule has 1 aromatic rings. The van der Waals surface area contributed by atoms with Crippen molar-refractivity contribution in [2.45, 2.75) is 19.4 Å². The average molecular weight is 378 g/mol. The molecule has 3 amide bonds. The summed E-state index contributed by atoms with van der Waals surface area (Å²) >= 11 is 5.62. The monoisotopic (exact) mass is 377 g/mol.